The quantitative estimate of drug-likeness (QED) is 0.647. The summed E-state index contributed by atoms with van der Waals surface area (Å²) in [7, 11) is 0. The van der Waals surface area contributed by atoms with Crippen molar-refractivity contribution in [1.82, 2.24) is 0 Å². The summed E-state index contributed by atoms with van der Waals surface area (Å²) in [5.74, 6) is -0.394. The zero-order valence-electron chi connectivity index (χ0n) is 8.13. The molecule has 0 aromatic carbocycles. The van der Waals surface area contributed by atoms with Gasteiger partial charge in [-0.2, -0.15) is 0 Å². The van der Waals surface area contributed by atoms with Crippen molar-refractivity contribution in [3.63, 3.8) is 0 Å². The van der Waals surface area contributed by atoms with Crippen molar-refractivity contribution >= 4 is 5.91 Å². The monoisotopic (exact) mass is 171 g/mol. The van der Waals surface area contributed by atoms with Crippen molar-refractivity contribution in [2.24, 2.45) is 5.73 Å². The third kappa shape index (κ3) is 4.91. The minimum atomic E-state index is -0.394. The molecular formula is C9H17NO2. The van der Waals surface area contributed by atoms with Crippen molar-refractivity contribution in [2.75, 3.05) is 0 Å². The molecule has 0 aliphatic carbocycles. The van der Waals surface area contributed by atoms with Gasteiger partial charge in [0.05, 0.1) is 12.2 Å². The van der Waals surface area contributed by atoms with Gasteiger partial charge in [-0.3, -0.25) is 4.79 Å². The Labute approximate surface area is 73.6 Å². The first-order valence-corrected chi connectivity index (χ1v) is 4.07. The van der Waals surface area contributed by atoms with Crippen molar-refractivity contribution < 1.29 is 9.53 Å². The molecule has 1 atom stereocenters. The highest BCUT2D eigenvalue weighted by atomic mass is 16.5. The maximum atomic E-state index is 10.6. The smallest absolute Gasteiger partial charge is 0.244 e. The molecule has 0 saturated heterocycles. The molecule has 0 saturated carbocycles. The van der Waals surface area contributed by atoms with Crippen LogP contribution >= 0.6 is 0 Å². The molecule has 0 aromatic heterocycles. The number of ether oxygens (including phenoxy) is 1. The van der Waals surface area contributed by atoms with Gasteiger partial charge in [0.15, 0.2) is 0 Å². The Morgan fingerprint density at radius 2 is 1.92 bits per heavy atom. The summed E-state index contributed by atoms with van der Waals surface area (Å²) in [6.07, 6.45) is 1.83. The largest absolute Gasteiger partial charge is 0.372 e. The fourth-order valence-corrected chi connectivity index (χ4v) is 0.903. The van der Waals surface area contributed by atoms with Crippen LogP contribution in [0.25, 0.3) is 0 Å². The predicted octanol–water partition coefficient (Wildman–Crippen LogP) is 1.23. The molecule has 0 aliphatic heterocycles. The Morgan fingerprint density at radius 3 is 2.25 bits per heavy atom. The van der Waals surface area contributed by atoms with Crippen LogP contribution in [0.2, 0.25) is 0 Å². The Balaban J connectivity index is 4.05. The number of hydrogen-bond donors (Lipinski definition) is 1. The molecule has 0 heterocycles. The van der Waals surface area contributed by atoms with E-state index >= 15 is 0 Å². The molecule has 1 amide bonds. The molecule has 3 nitrogen and oxygen atoms in total. The molecule has 2 N–H and O–H groups in total. The second-order valence-corrected chi connectivity index (χ2v) is 3.10. The van der Waals surface area contributed by atoms with E-state index in [9.17, 15) is 4.79 Å². The fraction of sp³-hybridized carbons (Fsp3) is 0.667. The third-order valence-electron chi connectivity index (χ3n) is 1.36. The average molecular weight is 171 g/mol. The minimum absolute atomic E-state index is 0.0579. The second kappa shape index (κ2) is 4.93. The average Bonchev–Trinajstić information content (AvgIpc) is 1.84. The van der Waals surface area contributed by atoms with Gasteiger partial charge < -0.3 is 10.5 Å². The van der Waals surface area contributed by atoms with Crippen molar-refractivity contribution in [3.05, 3.63) is 11.6 Å². The van der Waals surface area contributed by atoms with E-state index in [1.807, 2.05) is 20.8 Å². The number of rotatable bonds is 4. The van der Waals surface area contributed by atoms with Gasteiger partial charge in [-0.25, -0.2) is 0 Å². The minimum Gasteiger partial charge on any atom is -0.372 e. The Kier molecular flexibility index (Phi) is 4.59. The Hall–Kier alpha value is -0.830. The summed E-state index contributed by atoms with van der Waals surface area (Å²) in [6.45, 7) is 7.46. The van der Waals surface area contributed by atoms with Crippen LogP contribution in [-0.2, 0) is 9.53 Å². The Bertz CT molecular complexity index is 185. The zero-order valence-corrected chi connectivity index (χ0v) is 8.13. The molecule has 0 radical (unpaired) electrons. The fourth-order valence-electron chi connectivity index (χ4n) is 0.903. The summed E-state index contributed by atoms with van der Waals surface area (Å²) in [4.78, 5) is 10.6. The molecule has 0 aliphatic rings. The number of amides is 1. The van der Waals surface area contributed by atoms with Gasteiger partial charge in [0.2, 0.25) is 5.91 Å². The van der Waals surface area contributed by atoms with Crippen molar-refractivity contribution in [3.8, 4) is 0 Å². The molecule has 0 bridgehead atoms. The van der Waals surface area contributed by atoms with Gasteiger partial charge in [0.25, 0.3) is 0 Å². The van der Waals surface area contributed by atoms with Gasteiger partial charge in [-0.05, 0) is 33.8 Å². The number of carbonyl (C=O) groups excluding carboxylic acids is 1. The van der Waals surface area contributed by atoms with Crippen LogP contribution in [0.1, 0.15) is 27.7 Å². The van der Waals surface area contributed by atoms with Gasteiger partial charge in [-0.1, -0.05) is 0 Å². The van der Waals surface area contributed by atoms with E-state index in [0.717, 1.165) is 0 Å². The van der Waals surface area contributed by atoms with E-state index in [-0.39, 0.29) is 12.2 Å². The van der Waals surface area contributed by atoms with Crippen molar-refractivity contribution in [2.45, 2.75) is 39.9 Å². The number of hydrogen-bond acceptors (Lipinski definition) is 2. The molecule has 70 valence electrons. The second-order valence-electron chi connectivity index (χ2n) is 3.10. The lowest BCUT2D eigenvalue weighted by Crippen LogP contribution is -2.16. The molecule has 0 rings (SSSR count). The standard InChI is InChI=1S/C9H17NO2/c1-6(2)12-8(4)5-7(3)9(10)11/h5-6,8H,1-4H3,(H2,10,11)/b7-5-. The normalized spacial score (nSPS) is 14.9. The lowest BCUT2D eigenvalue weighted by atomic mass is 10.2. The van der Waals surface area contributed by atoms with Crippen LogP contribution in [0.5, 0.6) is 0 Å². The van der Waals surface area contributed by atoms with Gasteiger partial charge >= 0.3 is 0 Å². The predicted molar refractivity (Wildman–Crippen MR) is 48.6 cm³/mol. The SMILES string of the molecule is C/C(=C/C(C)OC(C)C)C(N)=O. The molecule has 0 aromatic rings. The lowest BCUT2D eigenvalue weighted by molar-refractivity contribution is -0.114. The van der Waals surface area contributed by atoms with Gasteiger partial charge in [0.1, 0.15) is 0 Å². The highest BCUT2D eigenvalue weighted by molar-refractivity contribution is 5.91. The van der Waals surface area contributed by atoms with Crippen LogP contribution < -0.4 is 5.73 Å². The number of primary amides is 1. The van der Waals surface area contributed by atoms with Gasteiger partial charge in [-0.15, -0.1) is 0 Å². The van der Waals surface area contributed by atoms with Crippen LogP contribution in [0.4, 0.5) is 0 Å². The van der Waals surface area contributed by atoms with E-state index in [2.05, 4.69) is 0 Å². The maximum absolute atomic E-state index is 10.6. The molecule has 3 heteroatoms. The molecule has 0 spiro atoms. The van der Waals surface area contributed by atoms with Crippen LogP contribution in [0, 0.1) is 0 Å². The summed E-state index contributed by atoms with van der Waals surface area (Å²) < 4.78 is 5.39. The molecule has 12 heavy (non-hydrogen) atoms. The van der Waals surface area contributed by atoms with E-state index in [1.165, 1.54) is 0 Å². The third-order valence-corrected chi connectivity index (χ3v) is 1.36. The topological polar surface area (TPSA) is 52.3 Å². The summed E-state index contributed by atoms with van der Waals surface area (Å²) in [5.41, 5.74) is 5.60. The van der Waals surface area contributed by atoms with E-state index < -0.39 is 5.91 Å². The summed E-state index contributed by atoms with van der Waals surface area (Å²) >= 11 is 0. The number of carbonyl (C=O) groups is 1. The first-order chi connectivity index (χ1) is 5.43. The first-order valence-electron chi connectivity index (χ1n) is 4.07. The first kappa shape index (κ1) is 11.2. The lowest BCUT2D eigenvalue weighted by Gasteiger charge is -2.12. The van der Waals surface area contributed by atoms with E-state index in [0.29, 0.717) is 5.57 Å². The molecular weight excluding hydrogens is 154 g/mol. The summed E-state index contributed by atoms with van der Waals surface area (Å²) in [5, 5.41) is 0. The number of nitrogens with two attached hydrogens (primary N) is 1. The van der Waals surface area contributed by atoms with Crippen LogP contribution in [0.15, 0.2) is 11.6 Å². The highest BCUT2D eigenvalue weighted by Gasteiger charge is 2.03. The zero-order chi connectivity index (χ0) is 9.72. The van der Waals surface area contributed by atoms with Gasteiger partial charge in [0, 0.05) is 5.57 Å². The van der Waals surface area contributed by atoms with Crippen LogP contribution in [0.3, 0.4) is 0 Å². The summed E-state index contributed by atoms with van der Waals surface area (Å²) in [6, 6.07) is 0. The maximum Gasteiger partial charge on any atom is 0.244 e. The van der Waals surface area contributed by atoms with E-state index in [1.54, 1.807) is 13.0 Å². The Morgan fingerprint density at radius 1 is 1.42 bits per heavy atom. The molecule has 0 fully saturated rings. The molecule has 1 unspecified atom stereocenters. The van der Waals surface area contributed by atoms with Crippen molar-refractivity contribution in [1.29, 1.82) is 0 Å². The highest BCUT2D eigenvalue weighted by Crippen LogP contribution is 2.02. The van der Waals surface area contributed by atoms with E-state index in [4.69, 9.17) is 10.5 Å². The van der Waals surface area contributed by atoms with Crippen LogP contribution in [-0.4, -0.2) is 18.1 Å².